The molecule has 0 fully saturated rings. The lowest BCUT2D eigenvalue weighted by atomic mass is 10.1. The zero-order valence-corrected chi connectivity index (χ0v) is 11.9. The number of hydrogen-bond donors (Lipinski definition) is 1. The fourth-order valence-corrected chi connectivity index (χ4v) is 1.91. The summed E-state index contributed by atoms with van der Waals surface area (Å²) < 4.78 is 71.4. The number of rotatable bonds is 3. The van der Waals surface area contributed by atoms with Crippen LogP contribution in [0.15, 0.2) is 18.2 Å². The first-order valence-electron chi connectivity index (χ1n) is 6.25. The zero-order chi connectivity index (χ0) is 17.3. The molecule has 0 aliphatic heterocycles. The highest BCUT2D eigenvalue weighted by Crippen LogP contribution is 2.28. The van der Waals surface area contributed by atoms with Crippen molar-refractivity contribution in [3.8, 4) is 5.75 Å². The average molecular weight is 331 g/mol. The van der Waals surface area contributed by atoms with E-state index in [0.29, 0.717) is 5.56 Å². The Labute approximate surface area is 127 Å². The van der Waals surface area contributed by atoms with Gasteiger partial charge in [-0.1, -0.05) is 6.07 Å². The van der Waals surface area contributed by atoms with Gasteiger partial charge >= 0.3 is 0 Å². The zero-order valence-electron chi connectivity index (χ0n) is 11.9. The lowest BCUT2D eigenvalue weighted by Gasteiger charge is -2.12. The third kappa shape index (κ3) is 2.96. The van der Waals surface area contributed by atoms with Gasteiger partial charge in [0.2, 0.25) is 5.82 Å². The van der Waals surface area contributed by atoms with E-state index in [1.54, 1.807) is 13.0 Å². The molecule has 2 rings (SSSR count). The van der Waals surface area contributed by atoms with E-state index < -0.39 is 40.6 Å². The van der Waals surface area contributed by atoms with E-state index in [-0.39, 0.29) is 11.4 Å². The molecule has 0 saturated heterocycles. The molecule has 3 nitrogen and oxygen atoms in total. The van der Waals surface area contributed by atoms with E-state index in [0.717, 1.165) is 0 Å². The first kappa shape index (κ1) is 16.7. The number of anilines is 1. The van der Waals surface area contributed by atoms with Crippen LogP contribution in [0.2, 0.25) is 0 Å². The second-order valence-electron chi connectivity index (χ2n) is 4.60. The van der Waals surface area contributed by atoms with Gasteiger partial charge in [0.15, 0.2) is 23.3 Å². The van der Waals surface area contributed by atoms with Gasteiger partial charge in [0.05, 0.1) is 12.8 Å². The maximum atomic E-state index is 13.6. The number of ether oxygens (including phenoxy) is 1. The molecule has 0 saturated carbocycles. The molecule has 122 valence electrons. The van der Waals surface area contributed by atoms with Crippen LogP contribution in [0.5, 0.6) is 5.75 Å². The summed E-state index contributed by atoms with van der Waals surface area (Å²) in [7, 11) is 1.29. The number of nitrogens with one attached hydrogen (secondary N) is 1. The van der Waals surface area contributed by atoms with Crippen LogP contribution < -0.4 is 10.1 Å². The van der Waals surface area contributed by atoms with Crippen LogP contribution in [0.25, 0.3) is 0 Å². The minimum atomic E-state index is -2.33. The standard InChI is InChI=1S/C15H10F5NO2/c1-6-3-4-8(23-2)7(5-6)21-15(22)9-10(16)12(18)14(20)13(19)11(9)17/h3-5H,1-2H3,(H,21,22). The molecule has 0 radical (unpaired) electrons. The summed E-state index contributed by atoms with van der Waals surface area (Å²) in [6, 6.07) is 4.54. The van der Waals surface area contributed by atoms with E-state index in [9.17, 15) is 26.7 Å². The Kier molecular flexibility index (Phi) is 4.53. The number of carbonyl (C=O) groups excluding carboxylic acids is 1. The normalized spacial score (nSPS) is 10.6. The highest BCUT2D eigenvalue weighted by atomic mass is 19.2. The molecule has 1 N–H and O–H groups in total. The van der Waals surface area contributed by atoms with Crippen LogP contribution in [-0.2, 0) is 0 Å². The average Bonchev–Trinajstić information content (AvgIpc) is 2.51. The number of halogens is 5. The van der Waals surface area contributed by atoms with Crippen LogP contribution in [0.4, 0.5) is 27.6 Å². The fraction of sp³-hybridized carbons (Fsp3) is 0.133. The summed E-state index contributed by atoms with van der Waals surface area (Å²) in [4.78, 5) is 11.9. The maximum Gasteiger partial charge on any atom is 0.261 e. The first-order chi connectivity index (χ1) is 10.8. The van der Waals surface area contributed by atoms with Gasteiger partial charge in [0.1, 0.15) is 11.3 Å². The van der Waals surface area contributed by atoms with Crippen molar-refractivity contribution in [3.63, 3.8) is 0 Å². The SMILES string of the molecule is COc1ccc(C)cc1NC(=O)c1c(F)c(F)c(F)c(F)c1F. The molecule has 23 heavy (non-hydrogen) atoms. The number of methoxy groups -OCH3 is 1. The van der Waals surface area contributed by atoms with Gasteiger partial charge in [-0.25, -0.2) is 22.0 Å². The maximum absolute atomic E-state index is 13.6. The topological polar surface area (TPSA) is 38.3 Å². The monoisotopic (exact) mass is 331 g/mol. The molecule has 0 aliphatic carbocycles. The van der Waals surface area contributed by atoms with Crippen molar-refractivity contribution in [2.75, 3.05) is 12.4 Å². The summed E-state index contributed by atoms with van der Waals surface area (Å²) in [6.45, 7) is 1.67. The number of amides is 1. The highest BCUT2D eigenvalue weighted by Gasteiger charge is 2.30. The second-order valence-corrected chi connectivity index (χ2v) is 4.60. The molecule has 0 unspecified atom stereocenters. The van der Waals surface area contributed by atoms with Crippen molar-refractivity contribution in [2.45, 2.75) is 6.92 Å². The molecular weight excluding hydrogens is 321 g/mol. The lowest BCUT2D eigenvalue weighted by Crippen LogP contribution is -2.19. The first-order valence-corrected chi connectivity index (χ1v) is 6.25. The summed E-state index contributed by atoms with van der Waals surface area (Å²) in [5.41, 5.74) is -0.857. The van der Waals surface area contributed by atoms with Crippen molar-refractivity contribution in [1.82, 2.24) is 0 Å². The van der Waals surface area contributed by atoms with E-state index in [1.807, 2.05) is 0 Å². The molecule has 2 aromatic rings. The Hall–Kier alpha value is -2.64. The van der Waals surface area contributed by atoms with Crippen LogP contribution >= 0.6 is 0 Å². The van der Waals surface area contributed by atoms with Gasteiger partial charge < -0.3 is 10.1 Å². The smallest absolute Gasteiger partial charge is 0.261 e. The Morgan fingerprint density at radius 3 is 2.00 bits per heavy atom. The minimum absolute atomic E-state index is 0.0291. The van der Waals surface area contributed by atoms with Crippen molar-refractivity contribution in [1.29, 1.82) is 0 Å². The van der Waals surface area contributed by atoms with Crippen molar-refractivity contribution in [3.05, 3.63) is 58.4 Å². The molecule has 8 heteroatoms. The highest BCUT2D eigenvalue weighted by molar-refractivity contribution is 6.05. The van der Waals surface area contributed by atoms with Crippen LogP contribution in [-0.4, -0.2) is 13.0 Å². The van der Waals surface area contributed by atoms with Crippen molar-refractivity contribution in [2.24, 2.45) is 0 Å². The number of aryl methyl sites for hydroxylation is 1. The Morgan fingerprint density at radius 2 is 1.48 bits per heavy atom. The van der Waals surface area contributed by atoms with Gasteiger partial charge in [-0.05, 0) is 24.6 Å². The molecule has 1 amide bonds. The van der Waals surface area contributed by atoms with E-state index >= 15 is 0 Å². The number of hydrogen-bond acceptors (Lipinski definition) is 2. The fourth-order valence-electron chi connectivity index (χ4n) is 1.91. The van der Waals surface area contributed by atoms with Gasteiger partial charge in [-0.15, -0.1) is 0 Å². The minimum Gasteiger partial charge on any atom is -0.495 e. The van der Waals surface area contributed by atoms with E-state index in [1.165, 1.54) is 19.2 Å². The molecule has 0 spiro atoms. The number of carbonyl (C=O) groups is 1. The summed E-state index contributed by atoms with van der Waals surface area (Å²) >= 11 is 0. The Bertz CT molecular complexity index is 763. The van der Waals surface area contributed by atoms with Crippen molar-refractivity contribution < 1.29 is 31.5 Å². The quantitative estimate of drug-likeness (QED) is 0.525. The summed E-state index contributed by atoms with van der Waals surface area (Å²) in [5.74, 6) is -12.4. The molecule has 2 aromatic carbocycles. The van der Waals surface area contributed by atoms with E-state index in [4.69, 9.17) is 4.74 Å². The predicted octanol–water partition coefficient (Wildman–Crippen LogP) is 3.95. The van der Waals surface area contributed by atoms with Gasteiger partial charge in [-0.3, -0.25) is 4.79 Å². The van der Waals surface area contributed by atoms with Crippen LogP contribution in [0.1, 0.15) is 15.9 Å². The molecule has 0 atom stereocenters. The number of benzene rings is 2. The largest absolute Gasteiger partial charge is 0.495 e. The van der Waals surface area contributed by atoms with Gasteiger partial charge in [0, 0.05) is 0 Å². The second kappa shape index (κ2) is 6.23. The third-order valence-corrected chi connectivity index (χ3v) is 3.04. The van der Waals surface area contributed by atoms with Crippen LogP contribution in [0.3, 0.4) is 0 Å². The Balaban J connectivity index is 2.49. The predicted molar refractivity (Wildman–Crippen MR) is 71.9 cm³/mol. The molecule has 0 bridgehead atoms. The molecule has 0 aliphatic rings. The van der Waals surface area contributed by atoms with E-state index in [2.05, 4.69) is 5.32 Å². The molecular formula is C15H10F5NO2. The summed E-state index contributed by atoms with van der Waals surface area (Å²) in [5, 5.41) is 2.07. The van der Waals surface area contributed by atoms with Crippen molar-refractivity contribution >= 4 is 11.6 Å². The lowest BCUT2D eigenvalue weighted by molar-refractivity contribution is 0.101. The summed E-state index contributed by atoms with van der Waals surface area (Å²) in [6.07, 6.45) is 0. The van der Waals surface area contributed by atoms with Crippen LogP contribution in [0, 0.1) is 36.0 Å². The van der Waals surface area contributed by atoms with Gasteiger partial charge in [0.25, 0.3) is 5.91 Å². The van der Waals surface area contributed by atoms with Gasteiger partial charge in [-0.2, -0.15) is 0 Å². The molecule has 0 heterocycles. The Morgan fingerprint density at radius 1 is 0.957 bits per heavy atom. The third-order valence-electron chi connectivity index (χ3n) is 3.04. The molecule has 0 aromatic heterocycles.